The maximum Gasteiger partial charge on any atom is 0.321 e. The maximum absolute atomic E-state index is 13.5. The zero-order valence-electron chi connectivity index (χ0n) is 23.2. The quantitative estimate of drug-likeness (QED) is 0.260. The number of methoxy groups -OCH3 is 1. The molecule has 1 aromatic carbocycles. The topological polar surface area (TPSA) is 122 Å². The number of aliphatic hydroxyl groups excluding tert-OH is 1. The summed E-state index contributed by atoms with van der Waals surface area (Å²) in [6.45, 7) is 10.8. The lowest BCUT2D eigenvalue weighted by Gasteiger charge is -2.36. The van der Waals surface area contributed by atoms with Gasteiger partial charge in [0.1, 0.15) is 5.25 Å². The summed E-state index contributed by atoms with van der Waals surface area (Å²) in [5.74, 6) is -0.784. The average molecular weight is 536 g/mol. The van der Waals surface area contributed by atoms with Gasteiger partial charge in [-0.1, -0.05) is 53.2 Å². The number of hydrogen-bond acceptors (Lipinski definition) is 7. The van der Waals surface area contributed by atoms with Crippen LogP contribution in [-0.4, -0.2) is 60.5 Å². The van der Waals surface area contributed by atoms with E-state index < -0.39 is 22.8 Å². The molecule has 2 amide bonds. The van der Waals surface area contributed by atoms with Gasteiger partial charge in [-0.15, -0.1) is 11.8 Å². The van der Waals surface area contributed by atoms with Gasteiger partial charge in [0.15, 0.2) is 0 Å². The van der Waals surface area contributed by atoms with Crippen LogP contribution in [-0.2, 0) is 19.1 Å². The van der Waals surface area contributed by atoms with E-state index in [4.69, 9.17) is 10.5 Å². The van der Waals surface area contributed by atoms with Crippen molar-refractivity contribution in [2.75, 3.05) is 25.1 Å². The standard InChI is InChI=1S/C28H45N3O5S/c1-7-8-13-30-26(34)19(18(2)3)14-22(32)20(29)15-28(4,5)16-25(33)31-17-24(27(35)36-6)37-23-12-10-9-11-21(23)31/h9-12,18-20,22,24,32H,7-8,13-17,29H2,1-6H3,(H,30,34)/t19?,20-,22-,24?/m0/s1. The molecule has 37 heavy (non-hydrogen) atoms. The van der Waals surface area contributed by atoms with Crippen LogP contribution >= 0.6 is 11.8 Å². The zero-order valence-corrected chi connectivity index (χ0v) is 24.0. The van der Waals surface area contributed by atoms with Crippen molar-refractivity contribution < 1.29 is 24.2 Å². The Kier molecular flexibility index (Phi) is 11.9. The third-order valence-corrected chi connectivity index (χ3v) is 8.14. The third-order valence-electron chi connectivity index (χ3n) is 6.92. The molecular formula is C28H45N3O5S. The molecule has 2 unspecified atom stereocenters. The molecule has 208 valence electrons. The van der Waals surface area contributed by atoms with Gasteiger partial charge < -0.3 is 25.8 Å². The van der Waals surface area contributed by atoms with E-state index >= 15 is 0 Å². The van der Waals surface area contributed by atoms with E-state index in [1.807, 2.05) is 52.0 Å². The molecular weight excluding hydrogens is 490 g/mol. The number of nitrogens with two attached hydrogens (primary N) is 1. The molecule has 0 radical (unpaired) electrons. The predicted octanol–water partition coefficient (Wildman–Crippen LogP) is 3.74. The van der Waals surface area contributed by atoms with Crippen molar-refractivity contribution in [2.24, 2.45) is 23.0 Å². The number of nitrogens with one attached hydrogen (secondary N) is 1. The Hall–Kier alpha value is -2.10. The number of anilines is 1. The van der Waals surface area contributed by atoms with Gasteiger partial charge in [-0.05, 0) is 42.7 Å². The molecule has 9 heteroatoms. The van der Waals surface area contributed by atoms with E-state index in [1.54, 1.807) is 4.90 Å². The van der Waals surface area contributed by atoms with Crippen LogP contribution in [0.1, 0.15) is 66.7 Å². The molecule has 0 bridgehead atoms. The van der Waals surface area contributed by atoms with Crippen LogP contribution in [0.25, 0.3) is 0 Å². The summed E-state index contributed by atoms with van der Waals surface area (Å²) in [5, 5.41) is 13.4. The third kappa shape index (κ3) is 9.00. The molecule has 0 spiro atoms. The van der Waals surface area contributed by atoms with E-state index in [9.17, 15) is 19.5 Å². The summed E-state index contributed by atoms with van der Waals surface area (Å²) in [4.78, 5) is 40.9. The minimum absolute atomic E-state index is 0.0501. The normalized spacial score (nSPS) is 18.1. The molecule has 4 N–H and O–H groups in total. The molecule has 0 fully saturated rings. The summed E-state index contributed by atoms with van der Waals surface area (Å²) < 4.78 is 4.93. The van der Waals surface area contributed by atoms with E-state index in [1.165, 1.54) is 18.9 Å². The summed E-state index contributed by atoms with van der Waals surface area (Å²) in [6, 6.07) is 6.95. The Bertz CT molecular complexity index is 923. The van der Waals surface area contributed by atoms with Gasteiger partial charge in [0.2, 0.25) is 11.8 Å². The highest BCUT2D eigenvalue weighted by atomic mass is 32.2. The van der Waals surface area contributed by atoms with E-state index in [0.717, 1.165) is 23.4 Å². The number of aliphatic hydroxyl groups is 1. The summed E-state index contributed by atoms with van der Waals surface area (Å²) in [6.07, 6.45) is 1.94. The molecule has 1 heterocycles. The summed E-state index contributed by atoms with van der Waals surface area (Å²) in [5.41, 5.74) is 6.69. The van der Waals surface area contributed by atoms with E-state index in [-0.39, 0.29) is 49.0 Å². The molecule has 0 aliphatic carbocycles. The fourth-order valence-corrected chi connectivity index (χ4v) is 5.89. The number of carbonyl (C=O) groups excluding carboxylic acids is 3. The van der Waals surface area contributed by atoms with Gasteiger partial charge in [0, 0.05) is 36.4 Å². The first-order chi connectivity index (χ1) is 17.4. The van der Waals surface area contributed by atoms with Gasteiger partial charge in [0.25, 0.3) is 0 Å². The molecule has 1 aliphatic heterocycles. The van der Waals surface area contributed by atoms with Crippen LogP contribution in [0.3, 0.4) is 0 Å². The first kappa shape index (κ1) is 31.1. The summed E-state index contributed by atoms with van der Waals surface area (Å²) >= 11 is 1.41. The summed E-state index contributed by atoms with van der Waals surface area (Å²) in [7, 11) is 1.35. The second kappa shape index (κ2) is 14.2. The zero-order chi connectivity index (χ0) is 27.8. The largest absolute Gasteiger partial charge is 0.468 e. The second-order valence-electron chi connectivity index (χ2n) is 11.1. The number of thioether (sulfide) groups is 1. The van der Waals surface area contributed by atoms with Crippen LogP contribution in [0.4, 0.5) is 5.69 Å². The number of benzene rings is 1. The molecule has 0 saturated heterocycles. The molecule has 4 atom stereocenters. The van der Waals surface area contributed by atoms with Gasteiger partial charge in [0.05, 0.1) is 18.9 Å². The van der Waals surface area contributed by atoms with E-state index in [0.29, 0.717) is 13.0 Å². The number of hydrogen-bond donors (Lipinski definition) is 3. The van der Waals surface area contributed by atoms with Gasteiger partial charge in [-0.2, -0.15) is 0 Å². The Balaban J connectivity index is 2.04. The number of rotatable bonds is 13. The predicted molar refractivity (Wildman–Crippen MR) is 148 cm³/mol. The fraction of sp³-hybridized carbons (Fsp3) is 0.679. The van der Waals surface area contributed by atoms with E-state index in [2.05, 4.69) is 12.2 Å². The highest BCUT2D eigenvalue weighted by Crippen LogP contribution is 2.40. The van der Waals surface area contributed by atoms with Crippen molar-refractivity contribution in [3.05, 3.63) is 24.3 Å². The van der Waals surface area contributed by atoms with Crippen LogP contribution in [0.2, 0.25) is 0 Å². The minimum Gasteiger partial charge on any atom is -0.468 e. The fourth-order valence-electron chi connectivity index (χ4n) is 4.71. The first-order valence-electron chi connectivity index (χ1n) is 13.2. The van der Waals surface area contributed by atoms with Crippen molar-refractivity contribution in [1.82, 2.24) is 5.32 Å². The van der Waals surface area contributed by atoms with Crippen LogP contribution in [0.15, 0.2) is 29.2 Å². The molecule has 1 aliphatic rings. The van der Waals surface area contributed by atoms with Crippen molar-refractivity contribution in [2.45, 2.75) is 89.0 Å². The number of carbonyl (C=O) groups is 3. The van der Waals surface area contributed by atoms with Crippen molar-refractivity contribution in [1.29, 1.82) is 0 Å². The Morgan fingerprint density at radius 2 is 1.95 bits per heavy atom. The molecule has 8 nitrogen and oxygen atoms in total. The number of amides is 2. The number of unbranched alkanes of at least 4 members (excludes halogenated alkanes) is 1. The minimum atomic E-state index is -0.866. The van der Waals surface area contributed by atoms with Crippen molar-refractivity contribution in [3.8, 4) is 0 Å². The smallest absolute Gasteiger partial charge is 0.321 e. The lowest BCUT2D eigenvalue weighted by atomic mass is 9.79. The Labute approximate surface area is 226 Å². The monoisotopic (exact) mass is 535 g/mol. The molecule has 0 aromatic heterocycles. The van der Waals surface area contributed by atoms with Gasteiger partial charge in [-0.3, -0.25) is 14.4 Å². The number of para-hydroxylation sites is 1. The highest BCUT2D eigenvalue weighted by molar-refractivity contribution is 8.00. The SMILES string of the molecule is CCCCNC(=O)C(C[C@H](O)[C@@H](N)CC(C)(C)CC(=O)N1CC(C(=O)OC)Sc2ccccc21)C(C)C. The van der Waals surface area contributed by atoms with Crippen molar-refractivity contribution in [3.63, 3.8) is 0 Å². The number of fused-ring (bicyclic) bond motifs is 1. The number of esters is 1. The van der Waals surface area contributed by atoms with Crippen LogP contribution < -0.4 is 16.0 Å². The first-order valence-corrected chi connectivity index (χ1v) is 14.1. The molecule has 2 rings (SSSR count). The highest BCUT2D eigenvalue weighted by Gasteiger charge is 2.37. The van der Waals surface area contributed by atoms with Gasteiger partial charge in [-0.25, -0.2) is 0 Å². The van der Waals surface area contributed by atoms with Crippen LogP contribution in [0.5, 0.6) is 0 Å². The van der Waals surface area contributed by atoms with Crippen LogP contribution in [0, 0.1) is 17.3 Å². The lowest BCUT2D eigenvalue weighted by molar-refractivity contribution is -0.139. The lowest BCUT2D eigenvalue weighted by Crippen LogP contribution is -2.46. The van der Waals surface area contributed by atoms with Gasteiger partial charge >= 0.3 is 5.97 Å². The van der Waals surface area contributed by atoms with Crippen molar-refractivity contribution >= 4 is 35.2 Å². The molecule has 0 saturated carbocycles. The number of ether oxygens (including phenoxy) is 1. The number of nitrogens with zero attached hydrogens (tertiary/aromatic N) is 1. The second-order valence-corrected chi connectivity index (χ2v) is 12.4. The average Bonchev–Trinajstić information content (AvgIpc) is 2.84. The molecule has 1 aromatic rings. The Morgan fingerprint density at radius 1 is 1.27 bits per heavy atom. The Morgan fingerprint density at radius 3 is 2.57 bits per heavy atom. The maximum atomic E-state index is 13.5.